The Labute approximate surface area is 162 Å². The maximum absolute atomic E-state index is 12.7. The van der Waals surface area contributed by atoms with Crippen molar-refractivity contribution < 1.29 is 19.1 Å². The summed E-state index contributed by atoms with van der Waals surface area (Å²) in [5.41, 5.74) is 3.70. The van der Waals surface area contributed by atoms with Crippen LogP contribution >= 0.6 is 11.6 Å². The molecule has 1 heterocycles. The standard InChI is InChI=1S/C20H19ClN2O4/c1-12(2)27-18-16(21)10-13(11-17(18)26-3)9-15-19(24)22-23(20(15)25)14-7-5-4-6-8-14/h4-12H,1-3H3,(H,22,24)/b15-9-. The number of hydrogen-bond acceptors (Lipinski definition) is 4. The van der Waals surface area contributed by atoms with Crippen LogP contribution in [-0.4, -0.2) is 25.0 Å². The van der Waals surface area contributed by atoms with Crippen molar-refractivity contribution in [1.82, 2.24) is 5.43 Å². The van der Waals surface area contributed by atoms with Gasteiger partial charge in [-0.15, -0.1) is 0 Å². The Kier molecular flexibility index (Phi) is 5.37. The second-order valence-corrected chi connectivity index (χ2v) is 6.58. The van der Waals surface area contributed by atoms with E-state index in [1.807, 2.05) is 19.9 Å². The average molecular weight is 387 g/mol. The fourth-order valence-corrected chi connectivity index (χ4v) is 2.92. The molecule has 3 rings (SSSR count). The first-order chi connectivity index (χ1) is 12.9. The summed E-state index contributed by atoms with van der Waals surface area (Å²) in [7, 11) is 1.50. The van der Waals surface area contributed by atoms with Crippen molar-refractivity contribution >= 4 is 35.2 Å². The smallest absolute Gasteiger partial charge is 0.282 e. The fraction of sp³-hybridized carbons (Fsp3) is 0.200. The number of amides is 2. The number of benzene rings is 2. The zero-order valence-corrected chi connectivity index (χ0v) is 15.9. The Balaban J connectivity index is 1.95. The largest absolute Gasteiger partial charge is 0.493 e. The topological polar surface area (TPSA) is 67.9 Å². The number of anilines is 1. The van der Waals surface area contributed by atoms with Gasteiger partial charge in [-0.05, 0) is 49.8 Å². The second-order valence-electron chi connectivity index (χ2n) is 6.18. The molecule has 0 aliphatic carbocycles. The number of ether oxygens (including phenoxy) is 2. The first-order valence-electron chi connectivity index (χ1n) is 8.37. The van der Waals surface area contributed by atoms with E-state index in [1.165, 1.54) is 18.2 Å². The van der Waals surface area contributed by atoms with Gasteiger partial charge in [0.1, 0.15) is 5.57 Å². The van der Waals surface area contributed by atoms with E-state index >= 15 is 0 Å². The molecule has 1 aliphatic rings. The summed E-state index contributed by atoms with van der Waals surface area (Å²) in [6.07, 6.45) is 1.40. The Bertz CT molecular complexity index is 910. The molecule has 0 spiro atoms. The van der Waals surface area contributed by atoms with Gasteiger partial charge >= 0.3 is 0 Å². The van der Waals surface area contributed by atoms with Crippen LogP contribution in [0.5, 0.6) is 11.5 Å². The fourth-order valence-electron chi connectivity index (χ4n) is 2.66. The molecule has 2 amide bonds. The van der Waals surface area contributed by atoms with E-state index in [0.717, 1.165) is 0 Å². The zero-order chi connectivity index (χ0) is 19.6. The van der Waals surface area contributed by atoms with Crippen molar-refractivity contribution in [3.63, 3.8) is 0 Å². The first-order valence-corrected chi connectivity index (χ1v) is 8.75. The predicted octanol–water partition coefficient (Wildman–Crippen LogP) is 3.60. The molecule has 1 fully saturated rings. The van der Waals surface area contributed by atoms with Gasteiger partial charge in [-0.1, -0.05) is 29.8 Å². The highest BCUT2D eigenvalue weighted by Gasteiger charge is 2.34. The molecular formula is C20H19ClN2O4. The Morgan fingerprint density at radius 2 is 1.85 bits per heavy atom. The molecule has 0 unspecified atom stereocenters. The van der Waals surface area contributed by atoms with E-state index in [0.29, 0.717) is 27.8 Å². The summed E-state index contributed by atoms with van der Waals surface area (Å²) in [6, 6.07) is 12.2. The molecule has 1 N–H and O–H groups in total. The highest BCUT2D eigenvalue weighted by molar-refractivity contribution is 6.33. The summed E-state index contributed by atoms with van der Waals surface area (Å²) in [4.78, 5) is 25.0. The van der Waals surface area contributed by atoms with Crippen molar-refractivity contribution in [3.8, 4) is 11.5 Å². The van der Waals surface area contributed by atoms with Gasteiger partial charge in [-0.3, -0.25) is 15.0 Å². The Morgan fingerprint density at radius 3 is 2.48 bits per heavy atom. The molecule has 1 saturated heterocycles. The number of hydrogen-bond donors (Lipinski definition) is 1. The Morgan fingerprint density at radius 1 is 1.15 bits per heavy atom. The minimum absolute atomic E-state index is 0.00880. The van der Waals surface area contributed by atoms with Crippen LogP contribution in [0.2, 0.25) is 5.02 Å². The minimum atomic E-state index is -0.485. The highest BCUT2D eigenvalue weighted by Crippen LogP contribution is 2.38. The van der Waals surface area contributed by atoms with Crippen LogP contribution in [0.25, 0.3) is 6.08 Å². The third kappa shape index (κ3) is 3.90. The number of hydrazine groups is 1. The van der Waals surface area contributed by atoms with Crippen molar-refractivity contribution in [2.75, 3.05) is 12.1 Å². The molecule has 0 atom stereocenters. The molecule has 1 aliphatic heterocycles. The van der Waals surface area contributed by atoms with Gasteiger partial charge in [-0.2, -0.15) is 0 Å². The van der Waals surface area contributed by atoms with E-state index < -0.39 is 11.8 Å². The molecule has 6 nitrogen and oxygen atoms in total. The van der Waals surface area contributed by atoms with Crippen LogP contribution in [0.1, 0.15) is 19.4 Å². The molecule has 0 radical (unpaired) electrons. The number of nitrogens with zero attached hydrogens (tertiary/aromatic N) is 1. The number of rotatable bonds is 5. The van der Waals surface area contributed by atoms with Crippen LogP contribution in [0.4, 0.5) is 5.69 Å². The van der Waals surface area contributed by atoms with Crippen LogP contribution in [0.15, 0.2) is 48.0 Å². The first kappa shape index (κ1) is 18.8. The van der Waals surface area contributed by atoms with E-state index in [2.05, 4.69) is 5.43 Å². The van der Waals surface area contributed by atoms with Crippen LogP contribution in [-0.2, 0) is 9.59 Å². The molecule has 27 heavy (non-hydrogen) atoms. The lowest BCUT2D eigenvalue weighted by Gasteiger charge is -2.15. The number of para-hydroxylation sites is 1. The summed E-state index contributed by atoms with van der Waals surface area (Å²) in [5.74, 6) is -0.0801. The van der Waals surface area contributed by atoms with Crippen LogP contribution in [0.3, 0.4) is 0 Å². The van der Waals surface area contributed by atoms with Crippen molar-refractivity contribution in [2.24, 2.45) is 0 Å². The minimum Gasteiger partial charge on any atom is -0.493 e. The van der Waals surface area contributed by atoms with Crippen molar-refractivity contribution in [2.45, 2.75) is 20.0 Å². The highest BCUT2D eigenvalue weighted by atomic mass is 35.5. The maximum atomic E-state index is 12.7. The number of halogens is 1. The van der Waals surface area contributed by atoms with Gasteiger partial charge in [0.15, 0.2) is 11.5 Å². The maximum Gasteiger partial charge on any atom is 0.282 e. The molecule has 140 valence electrons. The number of methoxy groups -OCH3 is 1. The van der Waals surface area contributed by atoms with E-state index in [1.54, 1.807) is 36.4 Å². The third-order valence-electron chi connectivity index (χ3n) is 3.82. The van der Waals surface area contributed by atoms with Crippen molar-refractivity contribution in [3.05, 3.63) is 58.6 Å². The number of nitrogens with one attached hydrogen (secondary N) is 1. The summed E-state index contributed by atoms with van der Waals surface area (Å²) < 4.78 is 11.0. The van der Waals surface area contributed by atoms with Gasteiger partial charge in [0.05, 0.1) is 23.9 Å². The Hall–Kier alpha value is -2.99. The number of carbonyl (C=O) groups is 2. The summed E-state index contributed by atoms with van der Waals surface area (Å²) in [5, 5.41) is 1.55. The van der Waals surface area contributed by atoms with Gasteiger partial charge in [0.25, 0.3) is 11.8 Å². The van der Waals surface area contributed by atoms with E-state index in [4.69, 9.17) is 21.1 Å². The lowest BCUT2D eigenvalue weighted by Crippen LogP contribution is -2.35. The van der Waals surface area contributed by atoms with Gasteiger partial charge in [-0.25, -0.2) is 5.01 Å². The predicted molar refractivity (Wildman–Crippen MR) is 104 cm³/mol. The third-order valence-corrected chi connectivity index (χ3v) is 4.10. The van der Waals surface area contributed by atoms with E-state index in [-0.39, 0.29) is 11.7 Å². The molecule has 0 saturated carbocycles. The lowest BCUT2D eigenvalue weighted by atomic mass is 10.1. The van der Waals surface area contributed by atoms with E-state index in [9.17, 15) is 9.59 Å². The molecule has 2 aromatic carbocycles. The van der Waals surface area contributed by atoms with Gasteiger partial charge in [0, 0.05) is 0 Å². The average Bonchev–Trinajstić information content (AvgIpc) is 2.92. The molecule has 2 aromatic rings. The monoisotopic (exact) mass is 386 g/mol. The van der Waals surface area contributed by atoms with Crippen LogP contribution in [0, 0.1) is 0 Å². The summed E-state index contributed by atoms with van der Waals surface area (Å²) in [6.45, 7) is 3.76. The lowest BCUT2D eigenvalue weighted by molar-refractivity contribution is -0.117. The van der Waals surface area contributed by atoms with Gasteiger partial charge < -0.3 is 9.47 Å². The summed E-state index contributed by atoms with van der Waals surface area (Å²) >= 11 is 6.31. The normalized spacial score (nSPS) is 15.4. The zero-order valence-electron chi connectivity index (χ0n) is 15.2. The van der Waals surface area contributed by atoms with Crippen molar-refractivity contribution in [1.29, 1.82) is 0 Å². The SMILES string of the molecule is COc1cc(/C=C2/C(=O)NN(c3ccccc3)C2=O)cc(Cl)c1OC(C)C. The van der Waals surface area contributed by atoms with Gasteiger partial charge in [0.2, 0.25) is 0 Å². The number of carbonyl (C=O) groups excluding carboxylic acids is 2. The van der Waals surface area contributed by atoms with Crippen LogP contribution < -0.4 is 19.9 Å². The molecular weight excluding hydrogens is 368 g/mol. The molecule has 7 heteroatoms. The molecule has 0 bridgehead atoms. The molecule has 0 aromatic heterocycles. The quantitative estimate of drug-likeness (QED) is 0.629. The second kappa shape index (κ2) is 7.72.